The number of aliphatic imine (C=N–C) groups is 1. The molecule has 0 atom stereocenters. The fourth-order valence-electron chi connectivity index (χ4n) is 2.85. The summed E-state index contributed by atoms with van der Waals surface area (Å²) in [6.45, 7) is 4.32. The lowest BCUT2D eigenvalue weighted by Crippen LogP contribution is -2.38. The lowest BCUT2D eigenvalue weighted by atomic mass is 10.1. The largest absolute Gasteiger partial charge is 0.356 e. The van der Waals surface area contributed by atoms with Crippen molar-refractivity contribution in [1.29, 1.82) is 0 Å². The van der Waals surface area contributed by atoms with E-state index in [1.54, 1.807) is 31.3 Å². The summed E-state index contributed by atoms with van der Waals surface area (Å²) in [6, 6.07) is 7.00. The van der Waals surface area contributed by atoms with Gasteiger partial charge in [-0.05, 0) is 31.4 Å². The predicted octanol–water partition coefficient (Wildman–Crippen LogP) is 2.42. The van der Waals surface area contributed by atoms with Gasteiger partial charge in [0.2, 0.25) is 0 Å². The normalized spacial score (nSPS) is 14.0. The van der Waals surface area contributed by atoms with Crippen LogP contribution < -0.4 is 10.6 Å². The van der Waals surface area contributed by atoms with Gasteiger partial charge in [-0.1, -0.05) is 31.9 Å². The molecule has 2 rings (SSSR count). The Morgan fingerprint density at radius 2 is 1.52 bits per heavy atom. The van der Waals surface area contributed by atoms with Crippen LogP contribution in [0.25, 0.3) is 0 Å². The fourth-order valence-corrected chi connectivity index (χ4v) is 2.85. The van der Waals surface area contributed by atoms with Crippen molar-refractivity contribution in [1.82, 2.24) is 15.5 Å². The Bertz CT molecular complexity index is 593. The predicted molar refractivity (Wildman–Crippen MR) is 99.9 cm³/mol. The van der Waals surface area contributed by atoms with Crippen molar-refractivity contribution in [2.75, 3.05) is 26.7 Å². The summed E-state index contributed by atoms with van der Waals surface area (Å²) in [4.78, 5) is 30.1. The number of rotatable bonds is 9. The highest BCUT2D eigenvalue weighted by atomic mass is 16.2. The van der Waals surface area contributed by atoms with Crippen molar-refractivity contribution in [3.05, 3.63) is 35.4 Å². The van der Waals surface area contributed by atoms with E-state index in [-0.39, 0.29) is 11.8 Å². The van der Waals surface area contributed by atoms with Gasteiger partial charge in [0.1, 0.15) is 0 Å². The lowest BCUT2D eigenvalue weighted by Gasteiger charge is -2.14. The molecule has 1 aliphatic heterocycles. The molecule has 6 nitrogen and oxygen atoms in total. The van der Waals surface area contributed by atoms with Crippen LogP contribution >= 0.6 is 0 Å². The zero-order valence-electron chi connectivity index (χ0n) is 15.2. The summed E-state index contributed by atoms with van der Waals surface area (Å²) in [5.74, 6) is 0.445. The standard InChI is InChI=1S/C19H28N4O2/c1-3-4-7-12-21-19(20-2)22-13-8-9-14-23-17(24)15-10-5-6-11-16(15)18(23)25/h5-6,10-11H,3-4,7-9,12-14H2,1-2H3,(H2,20,21,22). The number of nitrogens with zero attached hydrogens (tertiary/aromatic N) is 2. The first-order valence-corrected chi connectivity index (χ1v) is 9.08. The minimum absolute atomic E-state index is 0.179. The van der Waals surface area contributed by atoms with Gasteiger partial charge in [-0.2, -0.15) is 0 Å². The van der Waals surface area contributed by atoms with Gasteiger partial charge >= 0.3 is 0 Å². The van der Waals surface area contributed by atoms with Crippen LogP contribution in [0, 0.1) is 0 Å². The Morgan fingerprint density at radius 3 is 2.04 bits per heavy atom. The fraction of sp³-hybridized carbons (Fsp3) is 0.526. The van der Waals surface area contributed by atoms with Crippen LogP contribution in [0.5, 0.6) is 0 Å². The number of hydrogen-bond donors (Lipinski definition) is 2. The number of carbonyl (C=O) groups excluding carboxylic acids is 2. The third-order valence-corrected chi connectivity index (χ3v) is 4.28. The van der Waals surface area contributed by atoms with Crippen LogP contribution in [0.3, 0.4) is 0 Å². The Morgan fingerprint density at radius 1 is 0.960 bits per heavy atom. The van der Waals surface area contributed by atoms with Crippen LogP contribution in [-0.2, 0) is 0 Å². The quantitative estimate of drug-likeness (QED) is 0.312. The number of carbonyl (C=O) groups is 2. The van der Waals surface area contributed by atoms with Gasteiger partial charge in [0.15, 0.2) is 5.96 Å². The molecule has 0 spiro atoms. The molecule has 1 heterocycles. The molecule has 0 fully saturated rings. The molecule has 25 heavy (non-hydrogen) atoms. The molecule has 2 amide bonds. The van der Waals surface area contributed by atoms with Crippen LogP contribution in [0.2, 0.25) is 0 Å². The molecule has 0 aromatic heterocycles. The molecule has 0 aliphatic carbocycles. The number of benzene rings is 1. The monoisotopic (exact) mass is 344 g/mol. The number of fused-ring (bicyclic) bond motifs is 1. The van der Waals surface area contributed by atoms with E-state index in [9.17, 15) is 9.59 Å². The van der Waals surface area contributed by atoms with E-state index < -0.39 is 0 Å². The number of amides is 2. The summed E-state index contributed by atoms with van der Waals surface area (Å²) in [5, 5.41) is 6.54. The van der Waals surface area contributed by atoms with Gasteiger partial charge in [0.25, 0.3) is 11.8 Å². The summed E-state index contributed by atoms with van der Waals surface area (Å²) in [6.07, 6.45) is 5.18. The topological polar surface area (TPSA) is 73.8 Å². The Balaban J connectivity index is 1.67. The average Bonchev–Trinajstić information content (AvgIpc) is 2.88. The maximum atomic E-state index is 12.3. The number of imide groups is 1. The van der Waals surface area contributed by atoms with Gasteiger partial charge in [0.05, 0.1) is 11.1 Å². The van der Waals surface area contributed by atoms with E-state index >= 15 is 0 Å². The molecule has 0 unspecified atom stereocenters. The minimum atomic E-state index is -0.179. The molecule has 1 aliphatic rings. The highest BCUT2D eigenvalue weighted by Gasteiger charge is 2.34. The highest BCUT2D eigenvalue weighted by Crippen LogP contribution is 2.22. The molecule has 136 valence electrons. The van der Waals surface area contributed by atoms with E-state index in [4.69, 9.17) is 0 Å². The molecule has 1 aromatic carbocycles. The smallest absolute Gasteiger partial charge is 0.261 e. The zero-order chi connectivity index (χ0) is 18.1. The van der Waals surface area contributed by atoms with E-state index in [0.29, 0.717) is 17.7 Å². The molecular formula is C19H28N4O2. The second-order valence-electron chi connectivity index (χ2n) is 6.15. The molecule has 6 heteroatoms. The molecule has 0 radical (unpaired) electrons. The highest BCUT2D eigenvalue weighted by molar-refractivity contribution is 6.21. The second-order valence-corrected chi connectivity index (χ2v) is 6.15. The van der Waals surface area contributed by atoms with Gasteiger partial charge in [-0.15, -0.1) is 0 Å². The third kappa shape index (κ3) is 5.05. The van der Waals surface area contributed by atoms with Crippen molar-refractivity contribution in [3.63, 3.8) is 0 Å². The first kappa shape index (κ1) is 19.0. The summed E-state index contributed by atoms with van der Waals surface area (Å²) in [5.41, 5.74) is 1.03. The molecule has 1 aromatic rings. The molecule has 0 bridgehead atoms. The van der Waals surface area contributed by atoms with Crippen molar-refractivity contribution < 1.29 is 9.59 Å². The second kappa shape index (κ2) is 9.81. The van der Waals surface area contributed by atoms with E-state index in [1.807, 2.05) is 0 Å². The van der Waals surface area contributed by atoms with Gasteiger partial charge in [-0.3, -0.25) is 19.5 Å². The SMILES string of the molecule is CCCCCNC(=NC)NCCCCN1C(=O)c2ccccc2C1=O. The first-order chi connectivity index (χ1) is 12.2. The van der Waals surface area contributed by atoms with Crippen molar-refractivity contribution in [2.24, 2.45) is 4.99 Å². The Hall–Kier alpha value is -2.37. The number of hydrogen-bond acceptors (Lipinski definition) is 3. The molecule has 0 saturated carbocycles. The summed E-state index contributed by atoms with van der Waals surface area (Å²) >= 11 is 0. The molecule has 2 N–H and O–H groups in total. The number of nitrogens with one attached hydrogen (secondary N) is 2. The van der Waals surface area contributed by atoms with Crippen LogP contribution in [0.4, 0.5) is 0 Å². The zero-order valence-corrected chi connectivity index (χ0v) is 15.2. The minimum Gasteiger partial charge on any atom is -0.356 e. The van der Waals surface area contributed by atoms with Gasteiger partial charge in [-0.25, -0.2) is 0 Å². The summed E-state index contributed by atoms with van der Waals surface area (Å²) in [7, 11) is 1.76. The van der Waals surface area contributed by atoms with Crippen LogP contribution in [0.15, 0.2) is 29.3 Å². The maximum Gasteiger partial charge on any atom is 0.261 e. The average molecular weight is 344 g/mol. The van der Waals surface area contributed by atoms with E-state index in [0.717, 1.165) is 38.3 Å². The summed E-state index contributed by atoms with van der Waals surface area (Å²) < 4.78 is 0. The van der Waals surface area contributed by atoms with Gasteiger partial charge < -0.3 is 10.6 Å². The lowest BCUT2D eigenvalue weighted by molar-refractivity contribution is 0.0652. The van der Waals surface area contributed by atoms with Crippen LogP contribution in [0.1, 0.15) is 59.7 Å². The first-order valence-electron chi connectivity index (χ1n) is 9.08. The Labute approximate surface area is 149 Å². The van der Waals surface area contributed by atoms with E-state index in [1.165, 1.54) is 17.7 Å². The van der Waals surface area contributed by atoms with Gasteiger partial charge in [0, 0.05) is 26.7 Å². The number of unbranched alkanes of at least 4 members (excludes halogenated alkanes) is 3. The number of guanidine groups is 1. The third-order valence-electron chi connectivity index (χ3n) is 4.28. The Kier molecular flexibility index (Phi) is 7.44. The van der Waals surface area contributed by atoms with Crippen molar-refractivity contribution in [2.45, 2.75) is 39.0 Å². The van der Waals surface area contributed by atoms with Crippen LogP contribution in [-0.4, -0.2) is 49.4 Å². The van der Waals surface area contributed by atoms with Crippen molar-refractivity contribution in [3.8, 4) is 0 Å². The molecule has 0 saturated heterocycles. The van der Waals surface area contributed by atoms with Crippen molar-refractivity contribution >= 4 is 17.8 Å². The maximum absolute atomic E-state index is 12.3. The molecular weight excluding hydrogens is 316 g/mol. The van der Waals surface area contributed by atoms with E-state index in [2.05, 4.69) is 22.5 Å².